The molecule has 13 heteroatoms. The Balaban J connectivity index is 1.80. The summed E-state index contributed by atoms with van der Waals surface area (Å²) in [5, 5.41) is 7.93. The molecule has 1 saturated carbocycles. The van der Waals surface area contributed by atoms with Gasteiger partial charge in [-0.05, 0) is 93.0 Å². The highest BCUT2D eigenvalue weighted by molar-refractivity contribution is 7.92. The molecular weight excluding hydrogens is 680 g/mol. The molecule has 0 spiro atoms. The monoisotopic (exact) mass is 718 g/mol. The number of hydrogen-bond acceptors (Lipinski definition) is 6. The summed E-state index contributed by atoms with van der Waals surface area (Å²) in [6, 6.07) is 8.04. The van der Waals surface area contributed by atoms with E-state index in [0.29, 0.717) is 28.1 Å². The number of sulfone groups is 1. The summed E-state index contributed by atoms with van der Waals surface area (Å²) in [6.45, 7) is 8.54. The Hall–Kier alpha value is -3.64. The molecule has 2 unspecified atom stereocenters. The van der Waals surface area contributed by atoms with Crippen LogP contribution in [0.1, 0.15) is 92.1 Å². The van der Waals surface area contributed by atoms with Gasteiger partial charge in [0.25, 0.3) is 5.56 Å². The second-order valence-electron chi connectivity index (χ2n) is 13.6. The SMILES string of the molecule is Cc1c(-n2c(C(Cc3cc(F)cc(F)c3)C(C)C)nc3nc(C4CCC(F)(F)CC4)cc(C)c3c2=O)ccc(Cl)c1C(=N)C(C)S(C)(=O)=O. The first-order valence-corrected chi connectivity index (χ1v) is 18.5. The van der Waals surface area contributed by atoms with E-state index in [9.17, 15) is 30.8 Å². The van der Waals surface area contributed by atoms with E-state index in [1.807, 2.05) is 13.8 Å². The molecule has 0 radical (unpaired) electrons. The fourth-order valence-electron chi connectivity index (χ4n) is 6.69. The van der Waals surface area contributed by atoms with Crippen LogP contribution in [0.3, 0.4) is 0 Å². The van der Waals surface area contributed by atoms with E-state index < -0.39 is 44.1 Å². The molecule has 2 aromatic carbocycles. The lowest BCUT2D eigenvalue weighted by atomic mass is 9.84. The minimum Gasteiger partial charge on any atom is -0.303 e. The molecule has 1 aliphatic carbocycles. The van der Waals surface area contributed by atoms with Crippen LogP contribution in [-0.2, 0) is 16.3 Å². The fourth-order valence-corrected chi connectivity index (χ4v) is 7.55. The topological polar surface area (TPSA) is 106 Å². The van der Waals surface area contributed by atoms with Crippen molar-refractivity contribution in [2.45, 2.75) is 89.7 Å². The highest BCUT2D eigenvalue weighted by atomic mass is 35.5. The Kier molecular flexibility index (Phi) is 10.2. The molecule has 1 N–H and O–H groups in total. The van der Waals surface area contributed by atoms with Crippen LogP contribution in [0.25, 0.3) is 16.7 Å². The van der Waals surface area contributed by atoms with Gasteiger partial charge in [0.1, 0.15) is 22.7 Å². The van der Waals surface area contributed by atoms with Crippen LogP contribution in [-0.4, -0.2) is 46.1 Å². The van der Waals surface area contributed by atoms with Crippen LogP contribution in [0.2, 0.25) is 5.02 Å². The molecule has 0 bridgehead atoms. The Bertz CT molecular complexity index is 2110. The summed E-state index contributed by atoms with van der Waals surface area (Å²) in [7, 11) is -3.67. The number of pyridine rings is 1. The summed E-state index contributed by atoms with van der Waals surface area (Å²) >= 11 is 6.57. The number of aromatic nitrogens is 3. The van der Waals surface area contributed by atoms with Crippen LogP contribution in [0.15, 0.2) is 41.2 Å². The van der Waals surface area contributed by atoms with Crippen molar-refractivity contribution in [1.29, 1.82) is 5.41 Å². The van der Waals surface area contributed by atoms with Gasteiger partial charge in [0.05, 0.1) is 21.8 Å². The van der Waals surface area contributed by atoms with E-state index in [-0.39, 0.29) is 77.1 Å². The average Bonchev–Trinajstić information content (AvgIpc) is 2.98. The molecule has 0 amide bonds. The molecule has 2 heterocycles. The first-order valence-electron chi connectivity index (χ1n) is 16.1. The quantitative estimate of drug-likeness (QED) is 0.138. The lowest BCUT2D eigenvalue weighted by Crippen LogP contribution is -2.31. The maximum atomic E-state index is 14.7. The van der Waals surface area contributed by atoms with Gasteiger partial charge in [0.2, 0.25) is 5.92 Å². The van der Waals surface area contributed by atoms with E-state index >= 15 is 0 Å². The third-order valence-corrected chi connectivity index (χ3v) is 11.5. The summed E-state index contributed by atoms with van der Waals surface area (Å²) < 4.78 is 82.9. The van der Waals surface area contributed by atoms with Gasteiger partial charge < -0.3 is 5.41 Å². The Morgan fingerprint density at radius 1 is 1.04 bits per heavy atom. The Labute approximate surface area is 288 Å². The van der Waals surface area contributed by atoms with Crippen molar-refractivity contribution in [3.05, 3.63) is 97.2 Å². The van der Waals surface area contributed by atoms with Crippen molar-refractivity contribution in [2.75, 3.05) is 6.26 Å². The number of aryl methyl sites for hydroxylation is 1. The molecule has 1 fully saturated rings. The summed E-state index contributed by atoms with van der Waals surface area (Å²) in [5.41, 5.74) is 1.66. The Morgan fingerprint density at radius 3 is 2.22 bits per heavy atom. The lowest BCUT2D eigenvalue weighted by Gasteiger charge is -2.29. The van der Waals surface area contributed by atoms with Crippen molar-refractivity contribution in [3.8, 4) is 5.69 Å². The van der Waals surface area contributed by atoms with Crippen LogP contribution in [0.4, 0.5) is 17.6 Å². The van der Waals surface area contributed by atoms with Gasteiger partial charge in [-0.25, -0.2) is 35.9 Å². The normalized spacial score (nSPS) is 16.7. The summed E-state index contributed by atoms with van der Waals surface area (Å²) in [5.74, 6) is -5.05. The molecule has 262 valence electrons. The van der Waals surface area contributed by atoms with E-state index in [4.69, 9.17) is 27.0 Å². The molecule has 2 aromatic heterocycles. The van der Waals surface area contributed by atoms with Gasteiger partial charge in [0, 0.05) is 48.3 Å². The molecular formula is C36H39ClF4N4O3S. The molecule has 4 aromatic rings. The molecule has 7 nitrogen and oxygen atoms in total. The van der Waals surface area contributed by atoms with Crippen LogP contribution < -0.4 is 5.56 Å². The number of benzene rings is 2. The first-order chi connectivity index (χ1) is 22.8. The highest BCUT2D eigenvalue weighted by Gasteiger charge is 2.36. The number of nitrogens with zero attached hydrogens (tertiary/aromatic N) is 3. The third kappa shape index (κ3) is 7.45. The van der Waals surface area contributed by atoms with Crippen LogP contribution in [0, 0.1) is 36.8 Å². The molecule has 2 atom stereocenters. The van der Waals surface area contributed by atoms with Crippen molar-refractivity contribution >= 4 is 38.2 Å². The van der Waals surface area contributed by atoms with E-state index in [1.165, 1.54) is 29.7 Å². The zero-order valence-electron chi connectivity index (χ0n) is 28.2. The molecule has 0 saturated heterocycles. The van der Waals surface area contributed by atoms with Gasteiger partial charge >= 0.3 is 0 Å². The minimum absolute atomic E-state index is 0.0983. The largest absolute Gasteiger partial charge is 0.303 e. The van der Waals surface area contributed by atoms with Gasteiger partial charge in [-0.2, -0.15) is 0 Å². The summed E-state index contributed by atoms with van der Waals surface area (Å²) in [6.07, 6.45) is 1.07. The van der Waals surface area contributed by atoms with Crippen LogP contribution in [0.5, 0.6) is 0 Å². The number of halogens is 5. The molecule has 0 aliphatic heterocycles. The highest BCUT2D eigenvalue weighted by Crippen LogP contribution is 2.41. The number of alkyl halides is 2. The number of nitrogens with one attached hydrogen (secondary N) is 1. The van der Waals surface area contributed by atoms with Crippen molar-refractivity contribution in [3.63, 3.8) is 0 Å². The predicted molar refractivity (Wildman–Crippen MR) is 185 cm³/mol. The van der Waals surface area contributed by atoms with E-state index in [0.717, 1.165) is 12.3 Å². The van der Waals surface area contributed by atoms with Crippen molar-refractivity contribution in [2.24, 2.45) is 5.92 Å². The standard InChI is InChI=1S/C36H39ClF4N4O3S/c1-18(2)26(16-22-14-24(38)17-25(39)15-22)34-44-33-30(19(3)13-28(43-33)23-9-11-36(40,41)12-10-23)35(46)45(34)29-8-7-27(37)31(20(29)4)32(42)21(5)49(6,47)48/h7-8,13-15,17-18,21,23,26,42H,9-12,16H2,1-6H3. The number of fused-ring (bicyclic) bond motifs is 1. The van der Waals surface area contributed by atoms with Gasteiger partial charge in [-0.3, -0.25) is 9.36 Å². The van der Waals surface area contributed by atoms with Crippen LogP contribution >= 0.6 is 11.6 Å². The van der Waals surface area contributed by atoms with E-state index in [1.54, 1.807) is 26.0 Å². The maximum absolute atomic E-state index is 14.7. The Morgan fingerprint density at radius 2 is 1.65 bits per heavy atom. The van der Waals surface area contributed by atoms with Gasteiger partial charge in [-0.15, -0.1) is 0 Å². The predicted octanol–water partition coefficient (Wildman–Crippen LogP) is 8.41. The third-order valence-electron chi connectivity index (χ3n) is 9.68. The fraction of sp³-hybridized carbons (Fsp3) is 0.444. The van der Waals surface area contributed by atoms with Crippen molar-refractivity contribution < 1.29 is 26.0 Å². The maximum Gasteiger partial charge on any atom is 0.267 e. The molecule has 5 rings (SSSR count). The zero-order chi connectivity index (χ0) is 36.2. The zero-order valence-corrected chi connectivity index (χ0v) is 29.7. The lowest BCUT2D eigenvalue weighted by molar-refractivity contribution is -0.0384. The van der Waals surface area contributed by atoms with Crippen molar-refractivity contribution in [1.82, 2.24) is 14.5 Å². The number of rotatable bonds is 9. The smallest absolute Gasteiger partial charge is 0.267 e. The molecule has 1 aliphatic rings. The second-order valence-corrected chi connectivity index (χ2v) is 16.4. The number of hydrogen-bond donors (Lipinski definition) is 1. The minimum atomic E-state index is -3.67. The summed E-state index contributed by atoms with van der Waals surface area (Å²) in [4.78, 5) is 24.5. The average molecular weight is 719 g/mol. The molecule has 49 heavy (non-hydrogen) atoms. The van der Waals surface area contributed by atoms with E-state index in [2.05, 4.69) is 0 Å². The first kappa shape index (κ1) is 36.6. The van der Waals surface area contributed by atoms with Gasteiger partial charge in [-0.1, -0.05) is 25.4 Å². The van der Waals surface area contributed by atoms with Gasteiger partial charge in [0.15, 0.2) is 15.5 Å². The second kappa shape index (κ2) is 13.6.